The molecule has 1 aromatic carbocycles. The first-order valence-electron chi connectivity index (χ1n) is 10.7. The average molecular weight is 518 g/mol. The van der Waals surface area contributed by atoms with Gasteiger partial charge in [-0.2, -0.15) is 0 Å². The van der Waals surface area contributed by atoms with Gasteiger partial charge in [0, 0.05) is 33.3 Å². The van der Waals surface area contributed by atoms with Gasteiger partial charge in [0.25, 0.3) is 0 Å². The number of rotatable bonds is 12. The Morgan fingerprint density at radius 3 is 2.45 bits per heavy atom. The van der Waals surface area contributed by atoms with Crippen molar-refractivity contribution in [2.45, 2.75) is 39.3 Å². The van der Waals surface area contributed by atoms with Crippen molar-refractivity contribution in [3.05, 3.63) is 35.4 Å². The van der Waals surface area contributed by atoms with Crippen LogP contribution >= 0.6 is 24.0 Å². The molecule has 166 valence electrons. The average Bonchev–Trinajstić information content (AvgIpc) is 3.21. The Morgan fingerprint density at radius 2 is 1.79 bits per heavy atom. The van der Waals surface area contributed by atoms with E-state index in [4.69, 9.17) is 9.73 Å². The van der Waals surface area contributed by atoms with Crippen molar-refractivity contribution >= 4 is 29.9 Å². The molecule has 1 aliphatic heterocycles. The van der Waals surface area contributed by atoms with E-state index in [1.165, 1.54) is 37.1 Å². The third-order valence-electron chi connectivity index (χ3n) is 5.08. The van der Waals surface area contributed by atoms with Crippen LogP contribution in [-0.4, -0.2) is 75.8 Å². The fourth-order valence-electron chi connectivity index (χ4n) is 3.38. The van der Waals surface area contributed by atoms with Crippen molar-refractivity contribution in [1.29, 1.82) is 0 Å². The van der Waals surface area contributed by atoms with Crippen LogP contribution in [0.4, 0.5) is 0 Å². The fraction of sp³-hybridized carbons (Fsp3) is 0.682. The van der Waals surface area contributed by atoms with E-state index in [0.717, 1.165) is 51.7 Å². The normalized spacial score (nSPS) is 14.8. The van der Waals surface area contributed by atoms with Crippen molar-refractivity contribution in [3.63, 3.8) is 0 Å². The number of nitrogens with one attached hydrogen (secondary N) is 2. The minimum Gasteiger partial charge on any atom is -0.383 e. The number of benzene rings is 1. The van der Waals surface area contributed by atoms with Gasteiger partial charge >= 0.3 is 0 Å². The first-order chi connectivity index (χ1) is 13.7. The maximum atomic E-state index is 5.11. The highest BCUT2D eigenvalue weighted by molar-refractivity contribution is 14.0. The van der Waals surface area contributed by atoms with Crippen LogP contribution in [0.1, 0.15) is 37.3 Å². The number of likely N-dealkylation sites (tertiary alicyclic amines) is 1. The van der Waals surface area contributed by atoms with Gasteiger partial charge in [-0.05, 0) is 64.0 Å². The van der Waals surface area contributed by atoms with Gasteiger partial charge in [0.05, 0.1) is 13.2 Å². The van der Waals surface area contributed by atoms with Crippen LogP contribution in [0, 0.1) is 0 Å². The standard InChI is InChI=1S/C22H39N5O.HI/c1-4-23-22(24-12-7-13-26(2)16-17-28-3)25-18-20-8-10-21(11-9-20)19-27-14-5-6-15-27;/h8-11H,4-7,12-19H2,1-3H3,(H2,23,24,25);1H. The molecule has 0 bridgehead atoms. The number of aliphatic imine (C=N–C) groups is 1. The highest BCUT2D eigenvalue weighted by atomic mass is 127. The van der Waals surface area contributed by atoms with E-state index >= 15 is 0 Å². The Hall–Kier alpha value is -0.900. The van der Waals surface area contributed by atoms with Crippen LogP contribution in [0.15, 0.2) is 29.3 Å². The van der Waals surface area contributed by atoms with Gasteiger partial charge in [-0.25, -0.2) is 4.99 Å². The molecular weight excluding hydrogens is 477 g/mol. The molecule has 0 radical (unpaired) electrons. The zero-order valence-corrected chi connectivity index (χ0v) is 20.8. The maximum Gasteiger partial charge on any atom is 0.191 e. The zero-order valence-electron chi connectivity index (χ0n) is 18.5. The monoisotopic (exact) mass is 517 g/mol. The van der Waals surface area contributed by atoms with Gasteiger partial charge in [-0.15, -0.1) is 24.0 Å². The number of guanidine groups is 1. The van der Waals surface area contributed by atoms with Gasteiger partial charge in [-0.1, -0.05) is 24.3 Å². The van der Waals surface area contributed by atoms with Crippen LogP contribution in [0.5, 0.6) is 0 Å². The summed E-state index contributed by atoms with van der Waals surface area (Å²) in [6.45, 7) is 10.9. The van der Waals surface area contributed by atoms with Gasteiger partial charge in [-0.3, -0.25) is 4.90 Å². The largest absolute Gasteiger partial charge is 0.383 e. The third kappa shape index (κ3) is 11.2. The molecule has 0 saturated carbocycles. The molecule has 1 aliphatic rings. The van der Waals surface area contributed by atoms with Crippen LogP contribution < -0.4 is 10.6 Å². The van der Waals surface area contributed by atoms with Gasteiger partial charge < -0.3 is 20.3 Å². The lowest BCUT2D eigenvalue weighted by molar-refractivity contribution is 0.161. The Kier molecular flexibility index (Phi) is 14.3. The lowest BCUT2D eigenvalue weighted by Gasteiger charge is -2.17. The third-order valence-corrected chi connectivity index (χ3v) is 5.08. The number of methoxy groups -OCH3 is 1. The van der Waals surface area contributed by atoms with Crippen molar-refractivity contribution in [1.82, 2.24) is 20.4 Å². The van der Waals surface area contributed by atoms with Crippen LogP contribution in [-0.2, 0) is 17.8 Å². The van der Waals surface area contributed by atoms with Crippen molar-refractivity contribution in [2.24, 2.45) is 4.99 Å². The predicted molar refractivity (Wildman–Crippen MR) is 133 cm³/mol. The summed E-state index contributed by atoms with van der Waals surface area (Å²) in [5, 5.41) is 6.77. The second-order valence-electron chi connectivity index (χ2n) is 7.57. The van der Waals surface area contributed by atoms with E-state index in [1.54, 1.807) is 7.11 Å². The van der Waals surface area contributed by atoms with Crippen molar-refractivity contribution in [2.75, 3.05) is 60.0 Å². The van der Waals surface area contributed by atoms with Crippen LogP contribution in [0.2, 0.25) is 0 Å². The van der Waals surface area contributed by atoms with Crippen molar-refractivity contribution < 1.29 is 4.74 Å². The number of ether oxygens (including phenoxy) is 1. The molecule has 0 spiro atoms. The van der Waals surface area contributed by atoms with Crippen LogP contribution in [0.25, 0.3) is 0 Å². The molecule has 2 rings (SSSR count). The first kappa shape index (κ1) is 26.1. The second-order valence-corrected chi connectivity index (χ2v) is 7.57. The predicted octanol–water partition coefficient (Wildman–Crippen LogP) is 2.92. The maximum absolute atomic E-state index is 5.11. The fourth-order valence-corrected chi connectivity index (χ4v) is 3.38. The van der Waals surface area contributed by atoms with Crippen LogP contribution in [0.3, 0.4) is 0 Å². The second kappa shape index (κ2) is 15.9. The summed E-state index contributed by atoms with van der Waals surface area (Å²) in [5.74, 6) is 0.892. The van der Waals surface area contributed by atoms with Gasteiger partial charge in [0.2, 0.25) is 0 Å². The Labute approximate surface area is 194 Å². The Balaban J connectivity index is 0.00000420. The summed E-state index contributed by atoms with van der Waals surface area (Å²) >= 11 is 0. The molecule has 1 fully saturated rings. The quantitative estimate of drug-likeness (QED) is 0.193. The molecule has 1 saturated heterocycles. The van der Waals surface area contributed by atoms with E-state index in [0.29, 0.717) is 6.54 Å². The summed E-state index contributed by atoms with van der Waals surface area (Å²) in [6, 6.07) is 8.92. The summed E-state index contributed by atoms with van der Waals surface area (Å²) in [7, 11) is 3.88. The topological polar surface area (TPSA) is 52.1 Å². The van der Waals surface area contributed by atoms with E-state index < -0.39 is 0 Å². The molecular formula is C22H40IN5O. The minimum atomic E-state index is 0. The van der Waals surface area contributed by atoms with E-state index in [2.05, 4.69) is 58.7 Å². The van der Waals surface area contributed by atoms with Gasteiger partial charge in [0.15, 0.2) is 5.96 Å². The molecule has 0 atom stereocenters. The molecule has 1 aromatic rings. The molecule has 0 unspecified atom stereocenters. The van der Waals surface area contributed by atoms with Gasteiger partial charge in [0.1, 0.15) is 0 Å². The SMILES string of the molecule is CCNC(=NCc1ccc(CN2CCCC2)cc1)NCCCN(C)CCOC.I. The van der Waals surface area contributed by atoms with E-state index in [-0.39, 0.29) is 24.0 Å². The summed E-state index contributed by atoms with van der Waals surface area (Å²) in [6.07, 6.45) is 3.77. The summed E-state index contributed by atoms with van der Waals surface area (Å²) < 4.78 is 5.11. The van der Waals surface area contributed by atoms with Crippen molar-refractivity contribution in [3.8, 4) is 0 Å². The Morgan fingerprint density at radius 1 is 1.10 bits per heavy atom. The lowest BCUT2D eigenvalue weighted by Crippen LogP contribution is -2.38. The molecule has 2 N–H and O–H groups in total. The highest BCUT2D eigenvalue weighted by Gasteiger charge is 2.11. The summed E-state index contributed by atoms with van der Waals surface area (Å²) in [5.41, 5.74) is 2.65. The molecule has 1 heterocycles. The Bertz CT molecular complexity index is 561. The van der Waals surface area contributed by atoms with E-state index in [9.17, 15) is 0 Å². The van der Waals surface area contributed by atoms with E-state index in [1.807, 2.05) is 0 Å². The number of halogens is 1. The lowest BCUT2D eigenvalue weighted by atomic mass is 10.1. The minimum absolute atomic E-state index is 0. The molecule has 29 heavy (non-hydrogen) atoms. The number of hydrogen-bond donors (Lipinski definition) is 2. The summed E-state index contributed by atoms with van der Waals surface area (Å²) in [4.78, 5) is 9.56. The molecule has 7 heteroatoms. The smallest absolute Gasteiger partial charge is 0.191 e. The molecule has 0 aromatic heterocycles. The molecule has 0 aliphatic carbocycles. The molecule has 6 nitrogen and oxygen atoms in total. The zero-order chi connectivity index (χ0) is 20.0. The molecule has 0 amide bonds. The number of hydrogen-bond acceptors (Lipinski definition) is 4. The highest BCUT2D eigenvalue weighted by Crippen LogP contribution is 2.13. The first-order valence-corrected chi connectivity index (χ1v) is 10.7. The number of likely N-dealkylation sites (N-methyl/N-ethyl adjacent to an activating group) is 1. The number of nitrogens with zero attached hydrogens (tertiary/aromatic N) is 3.